The summed E-state index contributed by atoms with van der Waals surface area (Å²) in [6.07, 6.45) is 28.0. The molecule has 74 heavy (non-hydrogen) atoms. The average Bonchev–Trinajstić information content (AvgIpc) is 4.13. The molecule has 15 fully saturated rings. The summed E-state index contributed by atoms with van der Waals surface area (Å²) < 4.78 is 0. The number of ketones is 8. The van der Waals surface area contributed by atoms with E-state index in [1.54, 1.807) is 0 Å². The van der Waals surface area contributed by atoms with Crippen molar-refractivity contribution in [2.45, 2.75) is 257 Å². The van der Waals surface area contributed by atoms with E-state index in [4.69, 9.17) is 0 Å². The smallest absolute Gasteiger partial charge is 0.141 e. The molecule has 15 saturated carbocycles. The molecule has 8 heteroatoms. The molecule has 14 unspecified atom stereocenters. The van der Waals surface area contributed by atoms with Gasteiger partial charge in [-0.25, -0.2) is 0 Å². The van der Waals surface area contributed by atoms with Gasteiger partial charge in [-0.05, 0) is 175 Å². The quantitative estimate of drug-likeness (QED) is 0.234. The molecule has 0 radical (unpaired) electrons. The van der Waals surface area contributed by atoms with E-state index in [2.05, 4.69) is 62.3 Å². The van der Waals surface area contributed by atoms with E-state index in [0.29, 0.717) is 99.5 Å². The maximum atomic E-state index is 11.9. The van der Waals surface area contributed by atoms with Gasteiger partial charge in [-0.1, -0.05) is 96.9 Å². The Morgan fingerprint density at radius 1 is 0.405 bits per heavy atom. The lowest BCUT2D eigenvalue weighted by Crippen LogP contribution is -2.51. The first-order valence-corrected chi connectivity index (χ1v) is 30.7. The number of carbonyl (C=O) groups excluding carboxylic acids is 8. The molecule has 0 aromatic rings. The summed E-state index contributed by atoms with van der Waals surface area (Å²) in [7, 11) is 0. The summed E-state index contributed by atoms with van der Waals surface area (Å²) in [5.41, 5.74) is 0.663. The highest BCUT2D eigenvalue weighted by atomic mass is 16.2. The average molecular weight is 1030 g/mol. The van der Waals surface area contributed by atoms with Crippen molar-refractivity contribution in [2.24, 2.45) is 110 Å². The minimum atomic E-state index is 0.0255. The molecule has 0 amide bonds. The van der Waals surface area contributed by atoms with E-state index in [1.165, 1.54) is 64.2 Å². The van der Waals surface area contributed by atoms with Crippen LogP contribution in [0.1, 0.15) is 257 Å². The zero-order valence-corrected chi connectivity index (χ0v) is 49.5. The monoisotopic (exact) mass is 1030 g/mol. The first-order chi connectivity index (χ1) is 34.4. The molecular weight excluding hydrogens is 921 g/mol. The first kappa shape index (κ1) is 60.6. The Kier molecular flexibility index (Phi) is 19.8. The Labute approximate surface area is 450 Å². The summed E-state index contributed by atoms with van der Waals surface area (Å²) in [5, 5.41) is 0. The van der Waals surface area contributed by atoms with Crippen molar-refractivity contribution >= 4 is 46.3 Å². The molecule has 0 aliphatic heterocycles. The maximum Gasteiger partial charge on any atom is 0.141 e. The SMILES string of the molecule is CC12CC3CC(CC(C3)C1=O)C2.CC12CCC(CC1)CC2=O.CC12CCC(CC1=O)C2.CC12CCC(CC1=O)C2(C)C.CC1C(=O)C(C)C(C)C1C.CC1CCC(=O)C(C)C1.CC1CCC1=O.CC1CCCC1=O. The van der Waals surface area contributed by atoms with E-state index in [9.17, 15) is 38.4 Å². The summed E-state index contributed by atoms with van der Waals surface area (Å²) in [4.78, 5) is 89.1. The van der Waals surface area contributed by atoms with E-state index in [0.717, 1.165) is 126 Å². The Morgan fingerprint density at radius 2 is 0.892 bits per heavy atom. The van der Waals surface area contributed by atoms with Crippen LogP contribution in [-0.4, -0.2) is 46.3 Å². The lowest BCUT2D eigenvalue weighted by molar-refractivity contribution is -0.150. The Hall–Kier alpha value is -2.64. The van der Waals surface area contributed by atoms with Crippen LogP contribution in [0.4, 0.5) is 0 Å². The molecule has 0 saturated heterocycles. The van der Waals surface area contributed by atoms with Crippen molar-refractivity contribution in [3.63, 3.8) is 0 Å². The second-order valence-electron chi connectivity index (χ2n) is 29.4. The molecule has 0 aromatic carbocycles. The molecule has 8 nitrogen and oxygen atoms in total. The predicted octanol–water partition coefficient (Wildman–Crippen LogP) is 15.2. The largest absolute Gasteiger partial charge is 0.299 e. The van der Waals surface area contributed by atoms with Gasteiger partial charge in [0.1, 0.15) is 46.3 Å². The number of fused-ring (bicyclic) bond motifs is 7. The van der Waals surface area contributed by atoms with Crippen molar-refractivity contribution in [3.8, 4) is 0 Å². The zero-order chi connectivity index (χ0) is 54.9. The second kappa shape index (κ2) is 24.2. The van der Waals surface area contributed by atoms with Gasteiger partial charge >= 0.3 is 0 Å². The van der Waals surface area contributed by atoms with Crippen molar-refractivity contribution in [1.82, 2.24) is 0 Å². The van der Waals surface area contributed by atoms with Crippen molar-refractivity contribution in [2.75, 3.05) is 0 Å². The third kappa shape index (κ3) is 13.4. The van der Waals surface area contributed by atoms with Crippen LogP contribution in [0.3, 0.4) is 0 Å². The Morgan fingerprint density at radius 3 is 1.15 bits per heavy atom. The minimum absolute atomic E-state index is 0.0255. The highest BCUT2D eigenvalue weighted by Crippen LogP contribution is 2.63. The van der Waals surface area contributed by atoms with Gasteiger partial charge in [0.25, 0.3) is 0 Å². The van der Waals surface area contributed by atoms with Gasteiger partial charge in [0, 0.05) is 95.7 Å². The zero-order valence-electron chi connectivity index (χ0n) is 49.5. The lowest BCUT2D eigenvalue weighted by atomic mass is 9.50. The molecule has 15 aliphatic rings. The van der Waals surface area contributed by atoms with Gasteiger partial charge < -0.3 is 0 Å². The Balaban J connectivity index is 0.000000139. The molecule has 10 bridgehead atoms. The van der Waals surface area contributed by atoms with E-state index >= 15 is 0 Å². The van der Waals surface area contributed by atoms with Crippen LogP contribution < -0.4 is 0 Å². The molecule has 0 aromatic heterocycles. The van der Waals surface area contributed by atoms with Crippen LogP contribution >= 0.6 is 0 Å². The highest BCUT2D eigenvalue weighted by molar-refractivity contribution is 5.90. The van der Waals surface area contributed by atoms with Crippen LogP contribution in [0, 0.1) is 110 Å². The third-order valence-corrected chi connectivity index (χ3v) is 23.7. The number of carbonyl (C=O) groups is 8. The fourth-order valence-corrected chi connectivity index (χ4v) is 16.5. The van der Waals surface area contributed by atoms with Gasteiger partial charge in [-0.15, -0.1) is 0 Å². The van der Waals surface area contributed by atoms with Gasteiger partial charge in [-0.3, -0.25) is 38.4 Å². The molecular formula is C66H106O8. The first-order valence-electron chi connectivity index (χ1n) is 30.7. The molecule has 0 N–H and O–H groups in total. The van der Waals surface area contributed by atoms with Crippen molar-refractivity contribution in [3.05, 3.63) is 0 Å². The number of Topliss-reactive ketones (excluding diaryl/α,β-unsaturated/α-hetero) is 8. The topological polar surface area (TPSA) is 137 Å². The second-order valence-corrected chi connectivity index (χ2v) is 29.4. The summed E-state index contributed by atoms with van der Waals surface area (Å²) in [6.45, 7) is 29.9. The number of hydrogen-bond donors (Lipinski definition) is 0. The molecule has 14 atom stereocenters. The van der Waals surface area contributed by atoms with E-state index < -0.39 is 0 Å². The fourth-order valence-electron chi connectivity index (χ4n) is 16.5. The van der Waals surface area contributed by atoms with E-state index in [-0.39, 0.29) is 27.1 Å². The van der Waals surface area contributed by atoms with Crippen LogP contribution in [-0.2, 0) is 38.4 Å². The normalized spacial score (nSPS) is 44.9. The third-order valence-electron chi connectivity index (χ3n) is 23.7. The summed E-state index contributed by atoms with van der Waals surface area (Å²) in [5.74, 6) is 12.1. The lowest BCUT2D eigenvalue weighted by Gasteiger charge is -2.54. The standard InChI is InChI=1S/C11H16O.C10H16O.C9H14O.C9H16O.C8H12O.C8H14O.C6H10O.C5H8O/c1-11-5-7-2-8(6-11)4-9(3-7)10(11)12;1-9(2)7-4-5-10(9,3)8(11)6-7;1-9-4-2-7(3-5-9)6-8(9)10;1-5-6(2)8(4)9(10)7(5)3;1-8-3-2-6(5-8)4-7(8)9;1-6-3-4-8(9)7(2)5-6;1-5-3-2-4-6(5)7;1-4-2-3-5(4)6/h7-9H,2-6H2,1H3;7H,4-6H2,1-3H3;7H,2-6H2,1H3;5-8H,1-4H3;6H,2-5H2,1H3;6-7H,3-5H2,1-2H3;5H,2-4H2,1H3;4H,2-3H2,1H3. The van der Waals surface area contributed by atoms with Gasteiger partial charge in [0.15, 0.2) is 0 Å². The van der Waals surface area contributed by atoms with Crippen LogP contribution in [0.2, 0.25) is 0 Å². The van der Waals surface area contributed by atoms with Crippen LogP contribution in [0.25, 0.3) is 0 Å². The molecule has 15 rings (SSSR count). The minimum Gasteiger partial charge on any atom is -0.299 e. The van der Waals surface area contributed by atoms with Gasteiger partial charge in [0.2, 0.25) is 0 Å². The van der Waals surface area contributed by atoms with Crippen LogP contribution in [0.15, 0.2) is 0 Å². The van der Waals surface area contributed by atoms with Crippen LogP contribution in [0.5, 0.6) is 0 Å². The fraction of sp³-hybridized carbons (Fsp3) is 0.879. The van der Waals surface area contributed by atoms with E-state index in [1.807, 2.05) is 34.6 Å². The number of rotatable bonds is 0. The van der Waals surface area contributed by atoms with Crippen molar-refractivity contribution < 1.29 is 38.4 Å². The van der Waals surface area contributed by atoms with Gasteiger partial charge in [-0.2, -0.15) is 0 Å². The maximum absolute atomic E-state index is 11.9. The summed E-state index contributed by atoms with van der Waals surface area (Å²) >= 11 is 0. The molecule has 418 valence electrons. The highest BCUT2D eigenvalue weighted by Gasteiger charge is 2.61. The molecule has 0 heterocycles. The van der Waals surface area contributed by atoms with Crippen molar-refractivity contribution in [1.29, 1.82) is 0 Å². The predicted molar refractivity (Wildman–Crippen MR) is 296 cm³/mol. The molecule has 0 spiro atoms. The Bertz CT molecular complexity index is 2040. The summed E-state index contributed by atoms with van der Waals surface area (Å²) in [6, 6.07) is 0. The van der Waals surface area contributed by atoms with Gasteiger partial charge in [0.05, 0.1) is 0 Å². The molecule has 15 aliphatic carbocycles. The number of hydrogen-bond acceptors (Lipinski definition) is 8.